The SMILES string of the molecule is CCNC(=NCCc1ccc(C)cc1C)N1CCC(COC)C1.I. The molecule has 1 N–H and O–H groups in total. The summed E-state index contributed by atoms with van der Waals surface area (Å²) in [6.07, 6.45) is 2.19. The Hall–Kier alpha value is -0.820. The van der Waals surface area contributed by atoms with E-state index in [0.717, 1.165) is 45.2 Å². The molecule has 0 aliphatic carbocycles. The molecule has 2 rings (SSSR count). The largest absolute Gasteiger partial charge is 0.384 e. The van der Waals surface area contributed by atoms with Gasteiger partial charge in [-0.15, -0.1) is 24.0 Å². The fourth-order valence-electron chi connectivity index (χ4n) is 3.23. The fourth-order valence-corrected chi connectivity index (χ4v) is 3.23. The Morgan fingerprint density at radius 3 is 2.83 bits per heavy atom. The molecule has 1 unspecified atom stereocenters. The average Bonchev–Trinajstić information content (AvgIpc) is 2.97. The summed E-state index contributed by atoms with van der Waals surface area (Å²) in [5.41, 5.74) is 4.09. The maximum absolute atomic E-state index is 5.29. The van der Waals surface area contributed by atoms with Crippen molar-refractivity contribution in [2.75, 3.05) is 39.9 Å². The first-order valence-electron chi connectivity index (χ1n) is 8.72. The molecule has 5 heteroatoms. The highest BCUT2D eigenvalue weighted by molar-refractivity contribution is 14.0. The lowest BCUT2D eigenvalue weighted by atomic mass is 10.0. The summed E-state index contributed by atoms with van der Waals surface area (Å²) in [6.45, 7) is 11.2. The van der Waals surface area contributed by atoms with Gasteiger partial charge < -0.3 is 15.0 Å². The summed E-state index contributed by atoms with van der Waals surface area (Å²) < 4.78 is 5.29. The molecule has 24 heavy (non-hydrogen) atoms. The van der Waals surface area contributed by atoms with Gasteiger partial charge in [-0.05, 0) is 44.7 Å². The Bertz CT molecular complexity index is 533. The van der Waals surface area contributed by atoms with Crippen LogP contribution < -0.4 is 5.32 Å². The van der Waals surface area contributed by atoms with Crippen LogP contribution in [0, 0.1) is 19.8 Å². The van der Waals surface area contributed by atoms with Crippen molar-refractivity contribution in [2.45, 2.75) is 33.6 Å². The number of nitrogens with zero attached hydrogens (tertiary/aromatic N) is 2. The number of benzene rings is 1. The minimum Gasteiger partial charge on any atom is -0.384 e. The van der Waals surface area contributed by atoms with E-state index < -0.39 is 0 Å². The zero-order valence-corrected chi connectivity index (χ0v) is 17.8. The van der Waals surface area contributed by atoms with E-state index in [4.69, 9.17) is 9.73 Å². The topological polar surface area (TPSA) is 36.9 Å². The van der Waals surface area contributed by atoms with Gasteiger partial charge in [0.05, 0.1) is 6.61 Å². The van der Waals surface area contributed by atoms with Gasteiger partial charge in [0, 0.05) is 39.2 Å². The monoisotopic (exact) mass is 445 g/mol. The van der Waals surface area contributed by atoms with Crippen LogP contribution in [-0.2, 0) is 11.2 Å². The van der Waals surface area contributed by atoms with E-state index in [0.29, 0.717) is 5.92 Å². The van der Waals surface area contributed by atoms with Crippen molar-refractivity contribution in [2.24, 2.45) is 10.9 Å². The zero-order valence-electron chi connectivity index (χ0n) is 15.5. The molecule has 0 aromatic heterocycles. The predicted octanol–water partition coefficient (Wildman–Crippen LogP) is 3.40. The van der Waals surface area contributed by atoms with Crippen molar-refractivity contribution in [1.82, 2.24) is 10.2 Å². The Morgan fingerprint density at radius 2 is 2.17 bits per heavy atom. The highest BCUT2D eigenvalue weighted by Gasteiger charge is 2.24. The Morgan fingerprint density at radius 1 is 1.38 bits per heavy atom. The third-order valence-electron chi connectivity index (χ3n) is 4.46. The van der Waals surface area contributed by atoms with Gasteiger partial charge in [-0.1, -0.05) is 23.8 Å². The number of likely N-dealkylation sites (tertiary alicyclic amines) is 1. The lowest BCUT2D eigenvalue weighted by Crippen LogP contribution is -2.40. The number of methoxy groups -OCH3 is 1. The van der Waals surface area contributed by atoms with Gasteiger partial charge in [-0.2, -0.15) is 0 Å². The van der Waals surface area contributed by atoms with E-state index in [9.17, 15) is 0 Å². The van der Waals surface area contributed by atoms with Gasteiger partial charge >= 0.3 is 0 Å². The quantitative estimate of drug-likeness (QED) is 0.415. The molecule has 1 fully saturated rings. The lowest BCUT2D eigenvalue weighted by molar-refractivity contribution is 0.157. The van der Waals surface area contributed by atoms with Crippen LogP contribution in [0.2, 0.25) is 0 Å². The van der Waals surface area contributed by atoms with Crippen LogP contribution >= 0.6 is 24.0 Å². The molecule has 1 heterocycles. The Balaban J connectivity index is 0.00000288. The molecule has 1 aliphatic heterocycles. The van der Waals surface area contributed by atoms with E-state index in [1.54, 1.807) is 7.11 Å². The van der Waals surface area contributed by atoms with Crippen LogP contribution in [0.4, 0.5) is 0 Å². The molecule has 1 atom stereocenters. The van der Waals surface area contributed by atoms with Crippen molar-refractivity contribution in [3.8, 4) is 0 Å². The molecule has 0 bridgehead atoms. The number of hydrogen-bond acceptors (Lipinski definition) is 2. The second kappa shape index (κ2) is 10.9. The normalized spacial score (nSPS) is 17.8. The Kier molecular flexibility index (Phi) is 9.66. The molecule has 1 aliphatic rings. The Labute approximate surface area is 164 Å². The molecule has 1 saturated heterocycles. The number of hydrogen-bond donors (Lipinski definition) is 1. The third-order valence-corrected chi connectivity index (χ3v) is 4.46. The molecule has 0 amide bonds. The minimum atomic E-state index is 0. The second-order valence-corrected chi connectivity index (χ2v) is 6.47. The van der Waals surface area contributed by atoms with Crippen molar-refractivity contribution in [3.63, 3.8) is 0 Å². The van der Waals surface area contributed by atoms with Crippen molar-refractivity contribution in [3.05, 3.63) is 34.9 Å². The second-order valence-electron chi connectivity index (χ2n) is 6.47. The van der Waals surface area contributed by atoms with E-state index in [-0.39, 0.29) is 24.0 Å². The molecule has 4 nitrogen and oxygen atoms in total. The summed E-state index contributed by atoms with van der Waals surface area (Å²) >= 11 is 0. The van der Waals surface area contributed by atoms with Crippen LogP contribution in [0.5, 0.6) is 0 Å². The smallest absolute Gasteiger partial charge is 0.193 e. The number of halogens is 1. The minimum absolute atomic E-state index is 0. The molecular weight excluding hydrogens is 413 g/mol. The maximum Gasteiger partial charge on any atom is 0.193 e. The first-order valence-corrected chi connectivity index (χ1v) is 8.72. The van der Waals surface area contributed by atoms with Gasteiger partial charge in [-0.25, -0.2) is 0 Å². The van der Waals surface area contributed by atoms with Crippen LogP contribution in [0.15, 0.2) is 23.2 Å². The summed E-state index contributed by atoms with van der Waals surface area (Å²) in [6, 6.07) is 6.67. The number of guanidine groups is 1. The van der Waals surface area contributed by atoms with Gasteiger partial charge in [0.15, 0.2) is 5.96 Å². The number of rotatable bonds is 6. The van der Waals surface area contributed by atoms with Crippen LogP contribution in [-0.4, -0.2) is 50.8 Å². The maximum atomic E-state index is 5.29. The van der Waals surface area contributed by atoms with Crippen LogP contribution in [0.1, 0.15) is 30.0 Å². The molecule has 1 aromatic carbocycles. The summed E-state index contributed by atoms with van der Waals surface area (Å²) in [5, 5.41) is 3.43. The molecule has 0 spiro atoms. The average molecular weight is 445 g/mol. The third kappa shape index (κ3) is 6.24. The summed E-state index contributed by atoms with van der Waals surface area (Å²) in [7, 11) is 1.78. The molecule has 0 saturated carbocycles. The van der Waals surface area contributed by atoms with E-state index in [2.05, 4.69) is 49.2 Å². The molecular formula is C19H32IN3O. The highest BCUT2D eigenvalue weighted by atomic mass is 127. The number of aliphatic imine (C=N–C) groups is 1. The molecule has 0 radical (unpaired) electrons. The number of aryl methyl sites for hydroxylation is 2. The van der Waals surface area contributed by atoms with Crippen LogP contribution in [0.3, 0.4) is 0 Å². The van der Waals surface area contributed by atoms with Gasteiger partial charge in [0.2, 0.25) is 0 Å². The lowest BCUT2D eigenvalue weighted by Gasteiger charge is -2.21. The van der Waals surface area contributed by atoms with Gasteiger partial charge in [-0.3, -0.25) is 4.99 Å². The first-order chi connectivity index (χ1) is 11.1. The van der Waals surface area contributed by atoms with Crippen molar-refractivity contribution < 1.29 is 4.74 Å². The highest BCUT2D eigenvalue weighted by Crippen LogP contribution is 2.16. The van der Waals surface area contributed by atoms with Crippen molar-refractivity contribution >= 4 is 29.9 Å². The molecule has 1 aromatic rings. The van der Waals surface area contributed by atoms with Crippen LogP contribution in [0.25, 0.3) is 0 Å². The predicted molar refractivity (Wildman–Crippen MR) is 113 cm³/mol. The first kappa shape index (κ1) is 21.2. The number of ether oxygens (including phenoxy) is 1. The van der Waals surface area contributed by atoms with E-state index in [1.165, 1.54) is 23.1 Å². The van der Waals surface area contributed by atoms with Gasteiger partial charge in [0.1, 0.15) is 0 Å². The summed E-state index contributed by atoms with van der Waals surface area (Å²) in [5.74, 6) is 1.68. The summed E-state index contributed by atoms with van der Waals surface area (Å²) in [4.78, 5) is 7.21. The number of nitrogens with one attached hydrogen (secondary N) is 1. The zero-order chi connectivity index (χ0) is 16.7. The standard InChI is InChI=1S/C19H31N3O.HI/c1-5-20-19(22-11-9-17(13-22)14-23-4)21-10-8-18-7-6-15(2)12-16(18)3;/h6-7,12,17H,5,8-11,13-14H2,1-4H3,(H,20,21);1H. The van der Waals surface area contributed by atoms with Gasteiger partial charge in [0.25, 0.3) is 0 Å². The molecule has 136 valence electrons. The van der Waals surface area contributed by atoms with E-state index in [1.807, 2.05) is 0 Å². The van der Waals surface area contributed by atoms with E-state index >= 15 is 0 Å². The fraction of sp³-hybridized carbons (Fsp3) is 0.632. The van der Waals surface area contributed by atoms with Crippen molar-refractivity contribution in [1.29, 1.82) is 0 Å².